The molecule has 0 saturated heterocycles. The van der Waals surface area contributed by atoms with Crippen LogP contribution in [0.3, 0.4) is 0 Å². The van der Waals surface area contributed by atoms with Crippen molar-refractivity contribution in [3.63, 3.8) is 0 Å². The van der Waals surface area contributed by atoms with Crippen molar-refractivity contribution in [1.82, 2.24) is 9.55 Å². The molecule has 0 spiro atoms. The molecule has 0 atom stereocenters. The molecule has 0 bridgehead atoms. The molecule has 0 amide bonds. The summed E-state index contributed by atoms with van der Waals surface area (Å²) in [7, 11) is -0.495. The Kier molecular flexibility index (Phi) is 4.49. The first kappa shape index (κ1) is 19.7. The molecule has 0 fully saturated rings. The predicted molar refractivity (Wildman–Crippen MR) is 138 cm³/mol. The van der Waals surface area contributed by atoms with Crippen LogP contribution in [-0.4, -0.2) is 16.7 Å². The minimum absolute atomic E-state index is 0.495. The number of ether oxygens (including phenoxy) is 1. The zero-order chi connectivity index (χ0) is 23.2. The Balaban J connectivity index is 1.26. The van der Waals surface area contributed by atoms with Gasteiger partial charge in [0.25, 0.3) is 0 Å². The van der Waals surface area contributed by atoms with Gasteiger partial charge in [0.05, 0.1) is 11.0 Å². The lowest BCUT2D eigenvalue weighted by Gasteiger charge is -2.10. The average molecular weight is 454 g/mol. The standard InChI is InChI=1S/C29H19BN2O3/c1-2-11-25-23(10-1)24-16-15-22(19-26(24)32(25)29-14-5-6-17-31-29)33-21-9-7-8-20(18-21)30-34-27-12-3-4-13-28(27)35-30/h1-19H. The zero-order valence-electron chi connectivity index (χ0n) is 18.7. The summed E-state index contributed by atoms with van der Waals surface area (Å²) in [5, 5.41) is 2.33. The Morgan fingerprint density at radius 3 is 2.20 bits per heavy atom. The highest BCUT2D eigenvalue weighted by atomic mass is 16.6. The number of rotatable bonds is 4. The topological polar surface area (TPSA) is 45.5 Å². The number of pyridine rings is 1. The van der Waals surface area contributed by atoms with Gasteiger partial charge in [-0.2, -0.15) is 0 Å². The average Bonchev–Trinajstić information content (AvgIpc) is 3.49. The summed E-state index contributed by atoms with van der Waals surface area (Å²) in [5.41, 5.74) is 3.04. The second-order valence-electron chi connectivity index (χ2n) is 8.41. The number of hydrogen-bond acceptors (Lipinski definition) is 4. The Labute approximate surface area is 202 Å². The van der Waals surface area contributed by atoms with Gasteiger partial charge in [-0.15, -0.1) is 0 Å². The normalized spacial score (nSPS) is 12.4. The molecule has 7 rings (SSSR count). The van der Waals surface area contributed by atoms with Crippen LogP contribution in [0, 0.1) is 0 Å². The number of nitrogens with zero attached hydrogens (tertiary/aromatic N) is 2. The largest absolute Gasteiger partial charge is 0.632 e. The molecule has 6 heteroatoms. The molecule has 166 valence electrons. The minimum Gasteiger partial charge on any atom is -0.519 e. The highest BCUT2D eigenvalue weighted by Gasteiger charge is 2.34. The van der Waals surface area contributed by atoms with Crippen molar-refractivity contribution in [2.45, 2.75) is 0 Å². The quantitative estimate of drug-likeness (QED) is 0.301. The smallest absolute Gasteiger partial charge is 0.519 e. The van der Waals surface area contributed by atoms with Crippen LogP contribution in [-0.2, 0) is 0 Å². The molecule has 0 radical (unpaired) electrons. The van der Waals surface area contributed by atoms with Crippen LogP contribution < -0.4 is 19.5 Å². The maximum absolute atomic E-state index is 6.31. The monoisotopic (exact) mass is 454 g/mol. The second kappa shape index (κ2) is 7.96. The first-order chi connectivity index (χ1) is 17.3. The number of hydrogen-bond donors (Lipinski definition) is 0. The van der Waals surface area contributed by atoms with Crippen LogP contribution in [0.2, 0.25) is 0 Å². The van der Waals surface area contributed by atoms with E-state index < -0.39 is 7.12 Å². The molecule has 0 N–H and O–H groups in total. The van der Waals surface area contributed by atoms with E-state index in [0.717, 1.165) is 44.9 Å². The van der Waals surface area contributed by atoms with E-state index in [2.05, 4.69) is 45.9 Å². The lowest BCUT2D eigenvalue weighted by atomic mass is 9.79. The molecule has 0 unspecified atom stereocenters. The van der Waals surface area contributed by atoms with E-state index in [1.807, 2.05) is 79.0 Å². The maximum Gasteiger partial charge on any atom is 0.632 e. The van der Waals surface area contributed by atoms with E-state index >= 15 is 0 Å². The maximum atomic E-state index is 6.31. The molecule has 1 aliphatic rings. The summed E-state index contributed by atoms with van der Waals surface area (Å²) < 4.78 is 20.4. The van der Waals surface area contributed by atoms with Gasteiger partial charge in [0.2, 0.25) is 0 Å². The van der Waals surface area contributed by atoms with Gasteiger partial charge in [0, 0.05) is 28.5 Å². The molecule has 5 nitrogen and oxygen atoms in total. The number of aromatic nitrogens is 2. The van der Waals surface area contributed by atoms with Crippen molar-refractivity contribution in [2.24, 2.45) is 0 Å². The van der Waals surface area contributed by atoms with Crippen molar-refractivity contribution in [3.05, 3.63) is 115 Å². The third kappa shape index (κ3) is 3.39. The third-order valence-electron chi connectivity index (χ3n) is 6.21. The molecular weight excluding hydrogens is 435 g/mol. The third-order valence-corrected chi connectivity index (χ3v) is 6.21. The molecule has 0 aliphatic carbocycles. The Bertz CT molecular complexity index is 1670. The Hall–Kier alpha value is -4.71. The fraction of sp³-hybridized carbons (Fsp3) is 0. The van der Waals surface area contributed by atoms with Crippen LogP contribution in [0.1, 0.15) is 0 Å². The summed E-state index contributed by atoms with van der Waals surface area (Å²) in [5.74, 6) is 3.82. The first-order valence-corrected chi connectivity index (χ1v) is 11.5. The minimum atomic E-state index is -0.495. The summed E-state index contributed by atoms with van der Waals surface area (Å²) >= 11 is 0. The highest BCUT2D eigenvalue weighted by Crippen LogP contribution is 2.35. The van der Waals surface area contributed by atoms with Crippen molar-refractivity contribution in [1.29, 1.82) is 0 Å². The summed E-state index contributed by atoms with van der Waals surface area (Å²) in [6.07, 6.45) is 1.81. The summed E-state index contributed by atoms with van der Waals surface area (Å²) in [4.78, 5) is 4.60. The van der Waals surface area contributed by atoms with Gasteiger partial charge in [-0.05, 0) is 54.6 Å². The fourth-order valence-electron chi connectivity index (χ4n) is 4.64. The Morgan fingerprint density at radius 2 is 1.37 bits per heavy atom. The van der Waals surface area contributed by atoms with Crippen molar-refractivity contribution in [2.75, 3.05) is 0 Å². The number of benzene rings is 4. The van der Waals surface area contributed by atoms with E-state index in [9.17, 15) is 0 Å². The van der Waals surface area contributed by atoms with Crippen LogP contribution >= 0.6 is 0 Å². The highest BCUT2D eigenvalue weighted by molar-refractivity contribution is 6.63. The van der Waals surface area contributed by atoms with E-state index in [1.54, 1.807) is 0 Å². The molecule has 4 aromatic carbocycles. The van der Waals surface area contributed by atoms with Crippen LogP contribution in [0.5, 0.6) is 23.0 Å². The predicted octanol–water partition coefficient (Wildman–Crippen LogP) is 6.14. The van der Waals surface area contributed by atoms with Gasteiger partial charge in [0.1, 0.15) is 28.8 Å². The lowest BCUT2D eigenvalue weighted by molar-refractivity contribution is 0.482. The van der Waals surface area contributed by atoms with Gasteiger partial charge in [-0.1, -0.05) is 48.5 Å². The Morgan fingerprint density at radius 1 is 0.629 bits per heavy atom. The van der Waals surface area contributed by atoms with Crippen LogP contribution in [0.4, 0.5) is 0 Å². The van der Waals surface area contributed by atoms with Crippen molar-refractivity contribution < 1.29 is 14.0 Å². The van der Waals surface area contributed by atoms with Gasteiger partial charge in [0.15, 0.2) is 0 Å². The molecule has 1 aliphatic heterocycles. The lowest BCUT2D eigenvalue weighted by Crippen LogP contribution is -2.38. The molecular formula is C29H19BN2O3. The van der Waals surface area contributed by atoms with Crippen molar-refractivity contribution in [3.8, 4) is 28.8 Å². The molecule has 6 aromatic rings. The van der Waals surface area contributed by atoms with Gasteiger partial charge < -0.3 is 14.0 Å². The van der Waals surface area contributed by atoms with Crippen LogP contribution in [0.25, 0.3) is 27.6 Å². The van der Waals surface area contributed by atoms with Gasteiger partial charge in [-0.3, -0.25) is 4.57 Å². The number of para-hydroxylation sites is 3. The molecule has 3 heterocycles. The fourth-order valence-corrected chi connectivity index (χ4v) is 4.64. The van der Waals surface area contributed by atoms with Crippen LogP contribution in [0.15, 0.2) is 115 Å². The molecule has 0 saturated carbocycles. The van der Waals surface area contributed by atoms with Crippen molar-refractivity contribution >= 4 is 34.4 Å². The SMILES string of the molecule is c1ccc(-n2c3ccccc3c3ccc(Oc4cccc(B5Oc6ccccc6O5)c4)cc32)nc1. The number of fused-ring (bicyclic) bond motifs is 4. The van der Waals surface area contributed by atoms with E-state index in [-0.39, 0.29) is 0 Å². The van der Waals surface area contributed by atoms with Gasteiger partial charge in [-0.25, -0.2) is 4.98 Å². The van der Waals surface area contributed by atoms with E-state index in [4.69, 9.17) is 14.0 Å². The van der Waals surface area contributed by atoms with E-state index in [0.29, 0.717) is 5.75 Å². The summed E-state index contributed by atoms with van der Waals surface area (Å²) in [6, 6.07) is 36.0. The zero-order valence-corrected chi connectivity index (χ0v) is 18.7. The molecule has 35 heavy (non-hydrogen) atoms. The summed E-state index contributed by atoms with van der Waals surface area (Å²) in [6.45, 7) is 0. The second-order valence-corrected chi connectivity index (χ2v) is 8.41. The first-order valence-electron chi connectivity index (χ1n) is 11.5. The van der Waals surface area contributed by atoms with Gasteiger partial charge >= 0.3 is 7.12 Å². The van der Waals surface area contributed by atoms with E-state index in [1.165, 1.54) is 5.39 Å². The molecule has 2 aromatic heterocycles.